The summed E-state index contributed by atoms with van der Waals surface area (Å²) in [7, 11) is 0. The lowest BCUT2D eigenvalue weighted by Gasteiger charge is -2.16. The number of aliphatic imine (C=N–C) groups is 1. The zero-order valence-corrected chi connectivity index (χ0v) is 19.4. The maximum Gasteiger partial charge on any atom is 0.246 e. The van der Waals surface area contributed by atoms with Gasteiger partial charge < -0.3 is 20.7 Å². The van der Waals surface area contributed by atoms with Crippen molar-refractivity contribution in [3.05, 3.63) is 29.6 Å². The Morgan fingerprint density at radius 3 is 2.47 bits per heavy atom. The van der Waals surface area contributed by atoms with Crippen LogP contribution in [0.2, 0.25) is 0 Å². The van der Waals surface area contributed by atoms with Crippen LogP contribution in [-0.4, -0.2) is 44.2 Å². The van der Waals surface area contributed by atoms with Gasteiger partial charge >= 0.3 is 0 Å². The number of anilines is 1. The van der Waals surface area contributed by atoms with Crippen molar-refractivity contribution in [2.45, 2.75) is 51.6 Å². The zero-order chi connectivity index (χ0) is 21.1. The number of carbonyl (C=O) groups is 1. The van der Waals surface area contributed by atoms with Crippen LogP contribution in [0.1, 0.15) is 45.4 Å². The van der Waals surface area contributed by atoms with Gasteiger partial charge in [-0.2, -0.15) is 0 Å². The molecule has 0 bridgehead atoms. The maximum atomic E-state index is 13.6. The average molecular weight is 542 g/mol. The normalized spacial score (nSPS) is 15.1. The SMILES string of the molecule is CCNC(=NCC(=O)Nc1ccc(F)c(F)c1F)NCCOC1CCCCCC1.I. The molecule has 10 heteroatoms. The smallest absolute Gasteiger partial charge is 0.246 e. The predicted molar refractivity (Wildman–Crippen MR) is 122 cm³/mol. The Hall–Kier alpha value is -1.56. The molecule has 0 spiro atoms. The van der Waals surface area contributed by atoms with E-state index in [1.807, 2.05) is 6.92 Å². The van der Waals surface area contributed by atoms with E-state index in [0.717, 1.165) is 25.0 Å². The highest BCUT2D eigenvalue weighted by Gasteiger charge is 2.15. The molecular formula is C20H30F3IN4O2. The minimum Gasteiger partial charge on any atom is -0.376 e. The second-order valence-electron chi connectivity index (χ2n) is 6.88. The van der Waals surface area contributed by atoms with Crippen LogP contribution >= 0.6 is 24.0 Å². The molecule has 1 saturated carbocycles. The molecular weight excluding hydrogens is 512 g/mol. The van der Waals surface area contributed by atoms with Crippen molar-refractivity contribution in [1.29, 1.82) is 0 Å². The first-order valence-corrected chi connectivity index (χ1v) is 10.1. The molecule has 1 aromatic rings. The monoisotopic (exact) mass is 542 g/mol. The van der Waals surface area contributed by atoms with Gasteiger partial charge in [0.05, 0.1) is 18.4 Å². The number of benzene rings is 1. The highest BCUT2D eigenvalue weighted by atomic mass is 127. The van der Waals surface area contributed by atoms with E-state index in [9.17, 15) is 18.0 Å². The lowest BCUT2D eigenvalue weighted by molar-refractivity contribution is -0.114. The number of halogens is 4. The summed E-state index contributed by atoms with van der Waals surface area (Å²) >= 11 is 0. The summed E-state index contributed by atoms with van der Waals surface area (Å²) in [5.74, 6) is -4.62. The average Bonchev–Trinajstić information content (AvgIpc) is 2.98. The lowest BCUT2D eigenvalue weighted by Crippen LogP contribution is -2.40. The fourth-order valence-corrected chi connectivity index (χ4v) is 3.11. The molecule has 0 aromatic heterocycles. The molecule has 0 atom stereocenters. The molecule has 30 heavy (non-hydrogen) atoms. The predicted octanol–water partition coefficient (Wildman–Crippen LogP) is 3.95. The molecule has 0 saturated heterocycles. The summed E-state index contributed by atoms with van der Waals surface area (Å²) in [6.45, 7) is 3.23. The first-order chi connectivity index (χ1) is 14.0. The highest BCUT2D eigenvalue weighted by molar-refractivity contribution is 14.0. The van der Waals surface area contributed by atoms with E-state index in [0.29, 0.717) is 31.8 Å². The molecule has 1 aliphatic carbocycles. The highest BCUT2D eigenvalue weighted by Crippen LogP contribution is 2.20. The van der Waals surface area contributed by atoms with Crippen molar-refractivity contribution in [3.63, 3.8) is 0 Å². The van der Waals surface area contributed by atoms with Gasteiger partial charge in [-0.1, -0.05) is 25.7 Å². The van der Waals surface area contributed by atoms with Crippen LogP contribution in [0, 0.1) is 17.5 Å². The molecule has 3 N–H and O–H groups in total. The summed E-state index contributed by atoms with van der Waals surface area (Å²) in [5.41, 5.74) is -0.432. The van der Waals surface area contributed by atoms with E-state index in [1.165, 1.54) is 25.7 Å². The number of hydrogen-bond donors (Lipinski definition) is 3. The van der Waals surface area contributed by atoms with E-state index in [-0.39, 0.29) is 30.5 Å². The minimum atomic E-state index is -1.63. The summed E-state index contributed by atoms with van der Waals surface area (Å²) in [6, 6.07) is 1.71. The summed E-state index contributed by atoms with van der Waals surface area (Å²) < 4.78 is 45.7. The van der Waals surface area contributed by atoms with E-state index in [1.54, 1.807) is 0 Å². The first kappa shape index (κ1) is 26.5. The maximum absolute atomic E-state index is 13.6. The molecule has 1 aromatic carbocycles. The molecule has 1 amide bonds. The van der Waals surface area contributed by atoms with Gasteiger partial charge in [0.15, 0.2) is 23.4 Å². The summed E-state index contributed by atoms with van der Waals surface area (Å²) in [6.07, 6.45) is 7.43. The fraction of sp³-hybridized carbons (Fsp3) is 0.600. The van der Waals surface area contributed by atoms with Crippen LogP contribution in [0.4, 0.5) is 18.9 Å². The van der Waals surface area contributed by atoms with Gasteiger partial charge in [-0.3, -0.25) is 4.79 Å². The molecule has 1 aliphatic rings. The zero-order valence-electron chi connectivity index (χ0n) is 17.1. The van der Waals surface area contributed by atoms with Crippen molar-refractivity contribution in [3.8, 4) is 0 Å². The quantitative estimate of drug-likeness (QED) is 0.116. The number of carbonyl (C=O) groups excluding carboxylic acids is 1. The van der Waals surface area contributed by atoms with Gasteiger partial charge in [0, 0.05) is 13.1 Å². The molecule has 0 aliphatic heterocycles. The van der Waals surface area contributed by atoms with Gasteiger partial charge in [-0.05, 0) is 31.9 Å². The van der Waals surface area contributed by atoms with Crippen molar-refractivity contribution in [2.75, 3.05) is 31.6 Å². The Balaban J connectivity index is 0.00000450. The molecule has 6 nitrogen and oxygen atoms in total. The minimum absolute atomic E-state index is 0. The van der Waals surface area contributed by atoms with Crippen molar-refractivity contribution >= 4 is 41.5 Å². The standard InChI is InChI=1S/C20H29F3N4O2.HI/c1-2-24-20(25-11-12-29-14-7-5-3-4-6-8-14)26-13-17(28)27-16-10-9-15(21)18(22)19(16)23;/h9-10,14H,2-8,11-13H2,1H3,(H,27,28)(H2,24,25,26);1H. The van der Waals surface area contributed by atoms with Gasteiger partial charge in [-0.25, -0.2) is 18.2 Å². The first-order valence-electron chi connectivity index (χ1n) is 10.1. The number of nitrogens with one attached hydrogen (secondary N) is 3. The van der Waals surface area contributed by atoms with Gasteiger partial charge in [0.2, 0.25) is 5.91 Å². The number of hydrogen-bond acceptors (Lipinski definition) is 3. The molecule has 0 heterocycles. The van der Waals surface area contributed by atoms with Crippen LogP contribution in [0.15, 0.2) is 17.1 Å². The Labute approximate surface area is 192 Å². The third-order valence-electron chi connectivity index (χ3n) is 4.58. The Morgan fingerprint density at radius 2 is 1.80 bits per heavy atom. The molecule has 1 fully saturated rings. The number of rotatable bonds is 8. The third kappa shape index (κ3) is 9.07. The van der Waals surface area contributed by atoms with E-state index in [2.05, 4.69) is 20.9 Å². The number of amides is 1. The second kappa shape index (κ2) is 14.4. The van der Waals surface area contributed by atoms with Gasteiger partial charge in [0.1, 0.15) is 6.54 Å². The number of ether oxygens (including phenoxy) is 1. The van der Waals surface area contributed by atoms with Gasteiger partial charge in [0.25, 0.3) is 0 Å². The van der Waals surface area contributed by atoms with Crippen LogP contribution in [0.25, 0.3) is 0 Å². The fourth-order valence-electron chi connectivity index (χ4n) is 3.11. The lowest BCUT2D eigenvalue weighted by atomic mass is 10.1. The van der Waals surface area contributed by atoms with Gasteiger partial charge in [-0.15, -0.1) is 24.0 Å². The van der Waals surface area contributed by atoms with Crippen LogP contribution in [0.3, 0.4) is 0 Å². The Morgan fingerprint density at radius 1 is 1.10 bits per heavy atom. The molecule has 0 radical (unpaired) electrons. The van der Waals surface area contributed by atoms with Crippen molar-refractivity contribution < 1.29 is 22.7 Å². The molecule has 170 valence electrons. The Bertz CT molecular complexity index is 699. The van der Waals surface area contributed by atoms with Crippen LogP contribution in [0.5, 0.6) is 0 Å². The second-order valence-corrected chi connectivity index (χ2v) is 6.88. The number of nitrogens with zero attached hydrogens (tertiary/aromatic N) is 1. The molecule has 2 rings (SSSR count). The van der Waals surface area contributed by atoms with E-state index < -0.39 is 29.0 Å². The van der Waals surface area contributed by atoms with Crippen molar-refractivity contribution in [2.24, 2.45) is 4.99 Å². The Kier molecular flexibility index (Phi) is 12.7. The molecule has 0 unspecified atom stereocenters. The van der Waals surface area contributed by atoms with Crippen molar-refractivity contribution in [1.82, 2.24) is 10.6 Å². The topological polar surface area (TPSA) is 74.8 Å². The number of guanidine groups is 1. The van der Waals surface area contributed by atoms with E-state index in [4.69, 9.17) is 4.74 Å². The largest absolute Gasteiger partial charge is 0.376 e. The summed E-state index contributed by atoms with van der Waals surface area (Å²) in [4.78, 5) is 16.1. The van der Waals surface area contributed by atoms with E-state index >= 15 is 0 Å². The van der Waals surface area contributed by atoms with Crippen LogP contribution < -0.4 is 16.0 Å². The third-order valence-corrected chi connectivity index (χ3v) is 4.58. The van der Waals surface area contributed by atoms with Crippen LogP contribution in [-0.2, 0) is 9.53 Å². The summed E-state index contributed by atoms with van der Waals surface area (Å²) in [5, 5.41) is 8.26.